The van der Waals surface area contributed by atoms with Gasteiger partial charge in [0.05, 0.1) is 12.7 Å². The Balaban J connectivity index is 1.82. The minimum Gasteiger partial charge on any atom is -0.465 e. The van der Waals surface area contributed by atoms with Crippen LogP contribution in [0.1, 0.15) is 15.9 Å². The molecule has 0 heterocycles. The highest BCUT2D eigenvalue weighted by atomic mass is 32.1. The Morgan fingerprint density at radius 1 is 0.960 bits per heavy atom. The molecule has 0 atom stereocenters. The molecule has 126 valence electrons. The highest BCUT2D eigenvalue weighted by molar-refractivity contribution is 7.80. The Bertz CT molecular complexity index is 948. The maximum Gasteiger partial charge on any atom is 0.337 e. The van der Waals surface area contributed by atoms with Crippen molar-refractivity contribution in [1.29, 1.82) is 0 Å². The molecule has 4 nitrogen and oxygen atoms in total. The average Bonchev–Trinajstić information content (AvgIpc) is 2.63. The smallest absolute Gasteiger partial charge is 0.337 e. The van der Waals surface area contributed by atoms with Gasteiger partial charge >= 0.3 is 5.97 Å². The number of thiocarbonyl (C=S) groups is 1. The van der Waals surface area contributed by atoms with Crippen LogP contribution in [0.3, 0.4) is 0 Å². The Hall–Kier alpha value is -2.92. The molecule has 3 aromatic carbocycles. The van der Waals surface area contributed by atoms with Crippen molar-refractivity contribution in [2.45, 2.75) is 6.92 Å². The van der Waals surface area contributed by atoms with Crippen LogP contribution in [0.15, 0.2) is 60.7 Å². The number of ether oxygens (including phenoxy) is 1. The van der Waals surface area contributed by atoms with E-state index in [0.29, 0.717) is 10.7 Å². The van der Waals surface area contributed by atoms with Gasteiger partial charge in [-0.15, -0.1) is 0 Å². The predicted molar refractivity (Wildman–Crippen MR) is 106 cm³/mol. The van der Waals surface area contributed by atoms with Crippen molar-refractivity contribution in [3.63, 3.8) is 0 Å². The molecule has 0 bridgehead atoms. The van der Waals surface area contributed by atoms with Gasteiger partial charge in [0.2, 0.25) is 0 Å². The molecule has 0 aliphatic heterocycles. The fourth-order valence-corrected chi connectivity index (χ4v) is 2.83. The lowest BCUT2D eigenvalue weighted by Gasteiger charge is -2.15. The summed E-state index contributed by atoms with van der Waals surface area (Å²) in [5.41, 5.74) is 3.15. The molecule has 0 aromatic heterocycles. The summed E-state index contributed by atoms with van der Waals surface area (Å²) in [5, 5.41) is 9.07. The number of hydrogen-bond acceptors (Lipinski definition) is 3. The quantitative estimate of drug-likeness (QED) is 0.528. The van der Waals surface area contributed by atoms with Crippen LogP contribution in [0.5, 0.6) is 0 Å². The number of carbonyl (C=O) groups is 1. The lowest BCUT2D eigenvalue weighted by Crippen LogP contribution is -2.20. The first-order valence-electron chi connectivity index (χ1n) is 7.83. The highest BCUT2D eigenvalue weighted by Crippen LogP contribution is 2.24. The number of nitrogens with one attached hydrogen (secondary N) is 2. The van der Waals surface area contributed by atoms with Crippen LogP contribution in [-0.4, -0.2) is 18.2 Å². The molecule has 0 fully saturated rings. The second-order valence-corrected chi connectivity index (χ2v) is 6.04. The molecular formula is C20H18N2O2S. The van der Waals surface area contributed by atoms with Gasteiger partial charge in [0, 0.05) is 16.8 Å². The van der Waals surface area contributed by atoms with E-state index in [1.165, 1.54) is 7.11 Å². The predicted octanol–water partition coefficient (Wildman–Crippen LogP) is 4.74. The zero-order valence-electron chi connectivity index (χ0n) is 14.0. The molecule has 0 spiro atoms. The van der Waals surface area contributed by atoms with Crippen molar-refractivity contribution in [1.82, 2.24) is 0 Å². The number of aryl methyl sites for hydroxylation is 1. The number of rotatable bonds is 3. The van der Waals surface area contributed by atoms with E-state index in [0.717, 1.165) is 27.7 Å². The van der Waals surface area contributed by atoms with Crippen LogP contribution >= 0.6 is 12.2 Å². The number of methoxy groups -OCH3 is 1. The van der Waals surface area contributed by atoms with E-state index in [1.54, 1.807) is 12.1 Å². The van der Waals surface area contributed by atoms with Crippen LogP contribution in [0, 0.1) is 6.92 Å². The summed E-state index contributed by atoms with van der Waals surface area (Å²) in [6.07, 6.45) is 0. The summed E-state index contributed by atoms with van der Waals surface area (Å²) in [7, 11) is 1.36. The standard InChI is InChI=1S/C20H18N2O2S/c1-13-10-11-15(19(23)24-2)12-18(13)22-20(25)21-17-9-5-7-14-6-3-4-8-16(14)17/h3-12H,1-2H3,(H2,21,22,25). The van der Waals surface area contributed by atoms with E-state index in [-0.39, 0.29) is 5.97 Å². The van der Waals surface area contributed by atoms with Crippen molar-refractivity contribution >= 4 is 45.4 Å². The molecule has 0 saturated carbocycles. The van der Waals surface area contributed by atoms with Crippen LogP contribution in [0.25, 0.3) is 10.8 Å². The first-order valence-corrected chi connectivity index (χ1v) is 8.24. The number of hydrogen-bond donors (Lipinski definition) is 2. The molecule has 3 rings (SSSR count). The number of esters is 1. The van der Waals surface area contributed by atoms with Crippen molar-refractivity contribution in [2.24, 2.45) is 0 Å². The molecule has 0 aliphatic rings. The van der Waals surface area contributed by atoms with Crippen molar-refractivity contribution in [2.75, 3.05) is 17.7 Å². The lowest BCUT2D eigenvalue weighted by molar-refractivity contribution is 0.0601. The third-order valence-electron chi connectivity index (χ3n) is 3.94. The van der Waals surface area contributed by atoms with Crippen LogP contribution in [0.4, 0.5) is 11.4 Å². The second kappa shape index (κ2) is 7.32. The van der Waals surface area contributed by atoms with Gasteiger partial charge in [0.1, 0.15) is 0 Å². The molecule has 0 unspecified atom stereocenters. The Morgan fingerprint density at radius 3 is 2.48 bits per heavy atom. The SMILES string of the molecule is COC(=O)c1ccc(C)c(NC(=S)Nc2cccc3ccccc23)c1. The van der Waals surface area contributed by atoms with Gasteiger partial charge in [0.25, 0.3) is 0 Å². The average molecular weight is 350 g/mol. The lowest BCUT2D eigenvalue weighted by atomic mass is 10.1. The van der Waals surface area contributed by atoms with Gasteiger partial charge in [-0.05, 0) is 48.3 Å². The minimum atomic E-state index is -0.379. The molecule has 0 amide bonds. The van der Waals surface area contributed by atoms with Crippen LogP contribution in [0.2, 0.25) is 0 Å². The summed E-state index contributed by atoms with van der Waals surface area (Å²) < 4.78 is 4.76. The molecule has 3 aromatic rings. The first kappa shape index (κ1) is 16.9. The minimum absolute atomic E-state index is 0.379. The molecule has 0 aliphatic carbocycles. The van der Waals surface area contributed by atoms with Crippen molar-refractivity contribution in [3.8, 4) is 0 Å². The third kappa shape index (κ3) is 3.78. The van der Waals surface area contributed by atoms with Crippen LogP contribution < -0.4 is 10.6 Å². The fourth-order valence-electron chi connectivity index (χ4n) is 2.61. The van der Waals surface area contributed by atoms with Crippen LogP contribution in [-0.2, 0) is 4.74 Å². The summed E-state index contributed by atoms with van der Waals surface area (Å²) >= 11 is 5.44. The summed E-state index contributed by atoms with van der Waals surface area (Å²) in [5.74, 6) is -0.379. The fraction of sp³-hybridized carbons (Fsp3) is 0.100. The van der Waals surface area contributed by atoms with E-state index < -0.39 is 0 Å². The van der Waals surface area contributed by atoms with E-state index in [4.69, 9.17) is 17.0 Å². The molecule has 5 heteroatoms. The van der Waals surface area contributed by atoms with E-state index in [2.05, 4.69) is 22.8 Å². The topological polar surface area (TPSA) is 50.4 Å². The monoisotopic (exact) mass is 350 g/mol. The van der Waals surface area contributed by atoms with E-state index >= 15 is 0 Å². The second-order valence-electron chi connectivity index (χ2n) is 5.63. The molecule has 0 radical (unpaired) electrons. The maximum atomic E-state index is 11.7. The Labute approximate surface area is 151 Å². The van der Waals surface area contributed by atoms with Gasteiger partial charge in [0.15, 0.2) is 5.11 Å². The van der Waals surface area contributed by atoms with E-state index in [9.17, 15) is 4.79 Å². The zero-order valence-corrected chi connectivity index (χ0v) is 14.8. The molecular weight excluding hydrogens is 332 g/mol. The number of fused-ring (bicyclic) bond motifs is 1. The third-order valence-corrected chi connectivity index (χ3v) is 4.15. The highest BCUT2D eigenvalue weighted by Gasteiger charge is 2.09. The first-order chi connectivity index (χ1) is 12.1. The Kier molecular flexibility index (Phi) is 4.95. The van der Waals surface area contributed by atoms with Crippen molar-refractivity contribution < 1.29 is 9.53 Å². The van der Waals surface area contributed by atoms with E-state index in [1.807, 2.05) is 43.3 Å². The number of anilines is 2. The van der Waals surface area contributed by atoms with Crippen molar-refractivity contribution in [3.05, 3.63) is 71.8 Å². The summed E-state index contributed by atoms with van der Waals surface area (Å²) in [6, 6.07) is 19.4. The molecule has 0 saturated heterocycles. The summed E-state index contributed by atoms with van der Waals surface area (Å²) in [4.78, 5) is 11.7. The molecule has 25 heavy (non-hydrogen) atoms. The van der Waals surface area contributed by atoms with Gasteiger partial charge in [-0.3, -0.25) is 0 Å². The van der Waals surface area contributed by atoms with Gasteiger partial charge < -0.3 is 15.4 Å². The van der Waals surface area contributed by atoms with Gasteiger partial charge in [-0.1, -0.05) is 42.5 Å². The number of carbonyl (C=O) groups excluding carboxylic acids is 1. The molecule has 2 N–H and O–H groups in total. The largest absolute Gasteiger partial charge is 0.465 e. The van der Waals surface area contributed by atoms with Gasteiger partial charge in [-0.2, -0.15) is 0 Å². The Morgan fingerprint density at radius 2 is 1.68 bits per heavy atom. The van der Waals surface area contributed by atoms with Gasteiger partial charge in [-0.25, -0.2) is 4.79 Å². The normalized spacial score (nSPS) is 10.3. The maximum absolute atomic E-state index is 11.7. The summed E-state index contributed by atoms with van der Waals surface area (Å²) in [6.45, 7) is 1.95. The zero-order chi connectivity index (χ0) is 17.8. The number of benzene rings is 3.